The van der Waals surface area contributed by atoms with Crippen molar-refractivity contribution in [2.75, 3.05) is 0 Å². The Morgan fingerprint density at radius 3 is 1.51 bits per heavy atom. The molecule has 1 heterocycles. The molecule has 0 spiro atoms. The summed E-state index contributed by atoms with van der Waals surface area (Å²) in [5, 5.41) is 22.1. The topological polar surface area (TPSA) is 28.7 Å². The molecule has 0 atom stereocenters. The lowest BCUT2D eigenvalue weighted by Gasteiger charge is -2.15. The molecule has 0 aliphatic heterocycles. The summed E-state index contributed by atoms with van der Waals surface area (Å²) in [5.41, 5.74) is 11.2. The number of hydrogen-bond acceptors (Lipinski definition) is 1. The van der Waals surface area contributed by atoms with Gasteiger partial charge in [0.25, 0.3) is 0 Å². The van der Waals surface area contributed by atoms with Crippen LogP contribution in [0.2, 0.25) is 0 Å². The normalized spacial score (nSPS) is 11.8. The molecule has 0 radical (unpaired) electrons. The van der Waals surface area contributed by atoms with Crippen molar-refractivity contribution in [3.05, 3.63) is 188 Å². The second-order valence-electron chi connectivity index (χ2n) is 14.1. The Balaban J connectivity index is 0.975. The summed E-state index contributed by atoms with van der Waals surface area (Å²) in [7, 11) is 0. The van der Waals surface area contributed by atoms with Gasteiger partial charge in [0, 0.05) is 16.5 Å². The zero-order chi connectivity index (χ0) is 35.0. The smallest absolute Gasteiger partial charge is 0.0991 e. The van der Waals surface area contributed by atoms with E-state index in [9.17, 15) is 5.26 Å². The summed E-state index contributed by atoms with van der Waals surface area (Å²) in [6, 6.07) is 68.2. The Kier molecular flexibility index (Phi) is 6.35. The van der Waals surface area contributed by atoms with Crippen LogP contribution in [0.15, 0.2) is 182 Å². The van der Waals surface area contributed by atoms with E-state index in [0.29, 0.717) is 5.56 Å². The van der Waals surface area contributed by atoms with Gasteiger partial charge in [-0.3, -0.25) is 0 Å². The second kappa shape index (κ2) is 11.4. The van der Waals surface area contributed by atoms with Crippen molar-refractivity contribution >= 4 is 64.9 Å². The Morgan fingerprint density at radius 2 is 0.849 bits per heavy atom. The van der Waals surface area contributed by atoms with Gasteiger partial charge in [0.2, 0.25) is 0 Å². The lowest BCUT2D eigenvalue weighted by Crippen LogP contribution is -1.93. The molecule has 0 aliphatic carbocycles. The number of fused-ring (bicyclic) bond motifs is 4. The number of nitriles is 1. The van der Waals surface area contributed by atoms with E-state index in [1.165, 1.54) is 65.3 Å². The van der Waals surface area contributed by atoms with Gasteiger partial charge in [-0.1, -0.05) is 115 Å². The van der Waals surface area contributed by atoms with Crippen LogP contribution < -0.4 is 0 Å². The average molecular weight is 671 g/mol. The fraction of sp³-hybridized carbons (Fsp3) is 0. The molecule has 11 rings (SSSR count). The zero-order valence-electron chi connectivity index (χ0n) is 28.7. The van der Waals surface area contributed by atoms with Gasteiger partial charge in [0.1, 0.15) is 0 Å². The highest BCUT2D eigenvalue weighted by Gasteiger charge is 2.16. The van der Waals surface area contributed by atoms with Gasteiger partial charge < -0.3 is 4.57 Å². The third kappa shape index (κ3) is 4.65. The molecule has 1 aromatic heterocycles. The monoisotopic (exact) mass is 670 g/mol. The van der Waals surface area contributed by atoms with Crippen molar-refractivity contribution in [2.24, 2.45) is 0 Å². The SMILES string of the molecule is N#Cc1ccc2c(c1)c1ccc(-c3ccc(-c4cc5ccc6cc(-c7ccc8ccccc8c7)cc7ccc(c4)c5c67)cc3)cc1n2-c1ccccc1. The van der Waals surface area contributed by atoms with E-state index in [2.05, 4.69) is 174 Å². The fourth-order valence-corrected chi connectivity index (χ4v) is 8.52. The van der Waals surface area contributed by atoms with Crippen LogP contribution >= 0.6 is 0 Å². The largest absolute Gasteiger partial charge is 0.309 e. The van der Waals surface area contributed by atoms with E-state index in [-0.39, 0.29) is 0 Å². The number of benzene rings is 10. The molecule has 0 amide bonds. The number of para-hydroxylation sites is 1. The van der Waals surface area contributed by atoms with Crippen molar-refractivity contribution in [1.29, 1.82) is 5.26 Å². The minimum absolute atomic E-state index is 0.669. The van der Waals surface area contributed by atoms with Crippen LogP contribution in [0.1, 0.15) is 5.56 Å². The zero-order valence-corrected chi connectivity index (χ0v) is 28.7. The van der Waals surface area contributed by atoms with E-state index in [0.717, 1.165) is 38.6 Å². The Labute approximate surface area is 306 Å². The molecule has 2 nitrogen and oxygen atoms in total. The van der Waals surface area contributed by atoms with Crippen LogP contribution in [0, 0.1) is 11.3 Å². The summed E-state index contributed by atoms with van der Waals surface area (Å²) in [5.74, 6) is 0. The molecule has 0 aliphatic rings. The van der Waals surface area contributed by atoms with Crippen LogP contribution in [-0.4, -0.2) is 4.57 Å². The molecule has 11 aromatic rings. The quantitative estimate of drug-likeness (QED) is 0.171. The summed E-state index contributed by atoms with van der Waals surface area (Å²) in [4.78, 5) is 0. The number of rotatable bonds is 4. The summed E-state index contributed by atoms with van der Waals surface area (Å²) >= 11 is 0. The van der Waals surface area contributed by atoms with E-state index < -0.39 is 0 Å². The van der Waals surface area contributed by atoms with E-state index in [4.69, 9.17) is 0 Å². The van der Waals surface area contributed by atoms with Crippen LogP contribution in [-0.2, 0) is 0 Å². The molecular formula is C51H30N2. The standard InChI is InChI=1S/C51H30N2/c52-31-32-10-23-48-47(24-32)46-22-21-38(30-49(46)53(48)45-8-2-1-3-9-45)34-11-13-35(14-12-34)43-26-39-17-19-41-28-44(29-42-20-18-40(27-43)50(39)51(41)42)37-16-15-33-6-4-5-7-36(33)25-37/h1-30H. The number of hydrogen-bond donors (Lipinski definition) is 0. The molecule has 244 valence electrons. The number of nitrogens with zero attached hydrogens (tertiary/aromatic N) is 2. The molecule has 2 heteroatoms. The lowest BCUT2D eigenvalue weighted by atomic mass is 9.89. The van der Waals surface area contributed by atoms with Gasteiger partial charge >= 0.3 is 0 Å². The molecule has 0 unspecified atom stereocenters. The maximum absolute atomic E-state index is 9.63. The predicted octanol–water partition coefficient (Wildman–Crippen LogP) is 13.7. The first kappa shape index (κ1) is 29.5. The maximum atomic E-state index is 9.63. The molecular weight excluding hydrogens is 641 g/mol. The molecule has 0 saturated heterocycles. The van der Waals surface area contributed by atoms with Crippen molar-refractivity contribution < 1.29 is 0 Å². The summed E-state index contributed by atoms with van der Waals surface area (Å²) < 4.78 is 2.30. The Morgan fingerprint density at radius 1 is 0.340 bits per heavy atom. The van der Waals surface area contributed by atoms with Crippen LogP contribution in [0.25, 0.3) is 104 Å². The molecule has 0 saturated carbocycles. The van der Waals surface area contributed by atoms with E-state index >= 15 is 0 Å². The molecule has 53 heavy (non-hydrogen) atoms. The first-order valence-corrected chi connectivity index (χ1v) is 18.0. The van der Waals surface area contributed by atoms with Crippen LogP contribution in [0.4, 0.5) is 0 Å². The minimum Gasteiger partial charge on any atom is -0.309 e. The first-order chi connectivity index (χ1) is 26.2. The molecule has 10 aromatic carbocycles. The van der Waals surface area contributed by atoms with Crippen molar-refractivity contribution in [1.82, 2.24) is 4.57 Å². The molecule has 0 fully saturated rings. The van der Waals surface area contributed by atoms with Gasteiger partial charge in [-0.15, -0.1) is 0 Å². The van der Waals surface area contributed by atoms with Gasteiger partial charge in [-0.05, 0) is 143 Å². The van der Waals surface area contributed by atoms with Crippen molar-refractivity contribution in [2.45, 2.75) is 0 Å². The van der Waals surface area contributed by atoms with Crippen LogP contribution in [0.5, 0.6) is 0 Å². The highest BCUT2D eigenvalue weighted by atomic mass is 15.0. The van der Waals surface area contributed by atoms with E-state index in [1.807, 2.05) is 18.2 Å². The fourth-order valence-electron chi connectivity index (χ4n) is 8.52. The minimum atomic E-state index is 0.669. The first-order valence-electron chi connectivity index (χ1n) is 18.0. The third-order valence-electron chi connectivity index (χ3n) is 11.1. The van der Waals surface area contributed by atoms with Crippen molar-refractivity contribution in [3.8, 4) is 45.1 Å². The molecule has 0 bridgehead atoms. The number of aromatic nitrogens is 1. The van der Waals surface area contributed by atoms with Gasteiger partial charge in [0.15, 0.2) is 0 Å². The van der Waals surface area contributed by atoms with Gasteiger partial charge in [-0.2, -0.15) is 5.26 Å². The highest BCUT2D eigenvalue weighted by molar-refractivity contribution is 6.24. The molecule has 0 N–H and O–H groups in total. The highest BCUT2D eigenvalue weighted by Crippen LogP contribution is 2.41. The van der Waals surface area contributed by atoms with E-state index in [1.54, 1.807) is 0 Å². The summed E-state index contributed by atoms with van der Waals surface area (Å²) in [6.45, 7) is 0. The maximum Gasteiger partial charge on any atom is 0.0991 e. The van der Waals surface area contributed by atoms with Crippen LogP contribution in [0.3, 0.4) is 0 Å². The third-order valence-corrected chi connectivity index (χ3v) is 11.1. The van der Waals surface area contributed by atoms with Gasteiger partial charge in [-0.25, -0.2) is 0 Å². The lowest BCUT2D eigenvalue weighted by molar-refractivity contribution is 1.18. The van der Waals surface area contributed by atoms with Gasteiger partial charge in [0.05, 0.1) is 22.7 Å². The Hall–Kier alpha value is -7.21. The Bertz CT molecular complexity index is 3200. The predicted molar refractivity (Wildman–Crippen MR) is 223 cm³/mol. The van der Waals surface area contributed by atoms with Crippen molar-refractivity contribution in [3.63, 3.8) is 0 Å². The summed E-state index contributed by atoms with van der Waals surface area (Å²) in [6.07, 6.45) is 0. The second-order valence-corrected chi connectivity index (χ2v) is 14.1. The average Bonchev–Trinajstić information content (AvgIpc) is 3.55.